The van der Waals surface area contributed by atoms with Crippen LogP contribution >= 0.6 is 28.1 Å². The molecule has 0 heterocycles. The number of hydrogen-bond donors (Lipinski definition) is 0. The van der Waals surface area contributed by atoms with Gasteiger partial charge in [-0.05, 0) is 34.0 Å². The van der Waals surface area contributed by atoms with E-state index >= 15 is 0 Å². The predicted octanol–water partition coefficient (Wildman–Crippen LogP) is 3.11. The predicted molar refractivity (Wildman–Crippen MR) is 51.6 cm³/mol. The summed E-state index contributed by atoms with van der Waals surface area (Å²) in [6.45, 7) is 2.05. The van der Waals surface area contributed by atoms with Crippen molar-refractivity contribution in [3.05, 3.63) is 33.8 Å². The molecule has 10 heavy (non-hydrogen) atoms. The minimum Gasteiger partial charge on any atom is -0.0880 e. The molecule has 0 atom stereocenters. The summed E-state index contributed by atoms with van der Waals surface area (Å²) in [6.07, 6.45) is 0. The number of halogens is 1. The second-order valence-corrected chi connectivity index (χ2v) is 3.12. The molecule has 1 aromatic carbocycles. The molecule has 1 rings (SSSR count). The lowest BCUT2D eigenvalue weighted by Gasteiger charge is -1.99. The van der Waals surface area contributed by atoms with Crippen LogP contribution in [0.5, 0.6) is 0 Å². The van der Waals surface area contributed by atoms with E-state index in [4.69, 9.17) is 12.2 Å². The van der Waals surface area contributed by atoms with Gasteiger partial charge in [-0.2, -0.15) is 0 Å². The highest BCUT2D eigenvalue weighted by atomic mass is 79.9. The van der Waals surface area contributed by atoms with E-state index < -0.39 is 0 Å². The third kappa shape index (κ3) is 1.44. The fraction of sp³-hybridized carbons (Fsp3) is 0.125. The fourth-order valence-corrected chi connectivity index (χ4v) is 1.49. The van der Waals surface area contributed by atoms with Gasteiger partial charge in [0.25, 0.3) is 0 Å². The summed E-state index contributed by atoms with van der Waals surface area (Å²) in [6, 6.07) is 6.04. The van der Waals surface area contributed by atoms with Gasteiger partial charge in [-0.15, -0.1) is 0 Å². The Kier molecular flexibility index (Phi) is 2.57. The molecule has 0 unspecified atom stereocenters. The maximum absolute atomic E-state index is 4.81. The molecule has 0 aliphatic carbocycles. The van der Waals surface area contributed by atoms with Gasteiger partial charge in [-0.3, -0.25) is 0 Å². The SMILES string of the molecule is Cc1cccc(C=S)c1Br. The molecule has 0 radical (unpaired) electrons. The maximum Gasteiger partial charge on any atom is 0.0285 e. The Morgan fingerprint density at radius 1 is 1.50 bits per heavy atom. The van der Waals surface area contributed by atoms with Crippen molar-refractivity contribution in [1.29, 1.82) is 0 Å². The molecule has 2 heteroatoms. The van der Waals surface area contributed by atoms with Gasteiger partial charge in [0, 0.05) is 9.84 Å². The molecule has 52 valence electrons. The molecular weight excluding hydrogens is 208 g/mol. The molecule has 0 saturated carbocycles. The lowest BCUT2D eigenvalue weighted by Crippen LogP contribution is -1.82. The summed E-state index contributed by atoms with van der Waals surface area (Å²) >= 11 is 8.25. The third-order valence-electron chi connectivity index (χ3n) is 1.35. The highest BCUT2D eigenvalue weighted by molar-refractivity contribution is 9.10. The molecule has 0 N–H and O–H groups in total. The minimum absolute atomic E-state index is 1.08. The third-order valence-corrected chi connectivity index (χ3v) is 2.69. The van der Waals surface area contributed by atoms with E-state index in [0.717, 1.165) is 10.0 Å². The first-order valence-electron chi connectivity index (χ1n) is 2.96. The zero-order valence-corrected chi connectivity index (χ0v) is 8.00. The van der Waals surface area contributed by atoms with Gasteiger partial charge >= 0.3 is 0 Å². The second-order valence-electron chi connectivity index (χ2n) is 2.10. The topological polar surface area (TPSA) is 0 Å². The van der Waals surface area contributed by atoms with Gasteiger partial charge < -0.3 is 0 Å². The summed E-state index contributed by atoms with van der Waals surface area (Å²) in [5, 5.41) is 1.68. The van der Waals surface area contributed by atoms with E-state index in [0.29, 0.717) is 0 Å². The molecule has 0 aliphatic rings. The first-order valence-corrected chi connectivity index (χ1v) is 4.22. The highest BCUT2D eigenvalue weighted by Crippen LogP contribution is 2.19. The number of benzene rings is 1. The normalized spacial score (nSPS) is 9.40. The molecule has 0 aromatic heterocycles. The van der Waals surface area contributed by atoms with Crippen molar-refractivity contribution in [2.75, 3.05) is 0 Å². The smallest absolute Gasteiger partial charge is 0.0285 e. The lowest BCUT2D eigenvalue weighted by atomic mass is 10.2. The standard InChI is InChI=1S/C8H7BrS/c1-6-3-2-4-7(5-10)8(6)9/h2-5H,1H3. The van der Waals surface area contributed by atoms with E-state index in [1.165, 1.54) is 5.56 Å². The molecule has 0 bridgehead atoms. The van der Waals surface area contributed by atoms with Crippen LogP contribution in [0.4, 0.5) is 0 Å². The van der Waals surface area contributed by atoms with Gasteiger partial charge in [0.1, 0.15) is 0 Å². The van der Waals surface area contributed by atoms with Gasteiger partial charge in [-0.25, -0.2) is 0 Å². The van der Waals surface area contributed by atoms with E-state index in [1.54, 1.807) is 5.37 Å². The molecule has 0 spiro atoms. The molecule has 0 saturated heterocycles. The lowest BCUT2D eigenvalue weighted by molar-refractivity contribution is 1.42. The molecule has 0 aliphatic heterocycles. The Labute approximate surface area is 74.4 Å². The van der Waals surface area contributed by atoms with E-state index in [1.807, 2.05) is 25.1 Å². The zero-order chi connectivity index (χ0) is 7.56. The van der Waals surface area contributed by atoms with Crippen LogP contribution in [0.15, 0.2) is 22.7 Å². The van der Waals surface area contributed by atoms with Crippen molar-refractivity contribution < 1.29 is 0 Å². The second kappa shape index (κ2) is 3.26. The Morgan fingerprint density at radius 3 is 2.70 bits per heavy atom. The molecule has 1 aromatic rings. The Balaban J connectivity index is 3.27. The Hall–Kier alpha value is -0.210. The number of aryl methyl sites for hydroxylation is 1. The number of rotatable bonds is 1. The average Bonchev–Trinajstić information content (AvgIpc) is 1.95. The van der Waals surface area contributed by atoms with Gasteiger partial charge in [0.2, 0.25) is 0 Å². The first kappa shape index (κ1) is 7.89. The van der Waals surface area contributed by atoms with Crippen LogP contribution in [0.2, 0.25) is 0 Å². The van der Waals surface area contributed by atoms with Crippen LogP contribution in [-0.2, 0) is 0 Å². The molecule has 0 amide bonds. The van der Waals surface area contributed by atoms with Gasteiger partial charge in [0.15, 0.2) is 0 Å². The van der Waals surface area contributed by atoms with Crippen LogP contribution in [-0.4, -0.2) is 5.37 Å². The summed E-state index contributed by atoms with van der Waals surface area (Å²) < 4.78 is 1.10. The van der Waals surface area contributed by atoms with Crippen molar-refractivity contribution in [2.45, 2.75) is 6.92 Å². The highest BCUT2D eigenvalue weighted by Gasteiger charge is 1.96. The molecule has 0 nitrogen and oxygen atoms in total. The summed E-state index contributed by atoms with van der Waals surface area (Å²) in [5.41, 5.74) is 2.30. The van der Waals surface area contributed by atoms with Crippen molar-refractivity contribution in [3.8, 4) is 0 Å². The van der Waals surface area contributed by atoms with Crippen LogP contribution in [0, 0.1) is 6.92 Å². The Morgan fingerprint density at radius 2 is 2.20 bits per heavy atom. The van der Waals surface area contributed by atoms with Crippen LogP contribution in [0.1, 0.15) is 11.1 Å². The zero-order valence-electron chi connectivity index (χ0n) is 5.60. The van der Waals surface area contributed by atoms with Crippen LogP contribution in [0.25, 0.3) is 0 Å². The average molecular weight is 215 g/mol. The van der Waals surface area contributed by atoms with Crippen LogP contribution < -0.4 is 0 Å². The molecular formula is C8H7BrS. The molecule has 0 fully saturated rings. The first-order chi connectivity index (χ1) is 4.75. The monoisotopic (exact) mass is 214 g/mol. The van der Waals surface area contributed by atoms with Crippen molar-refractivity contribution in [2.24, 2.45) is 0 Å². The Bertz CT molecular complexity index is 255. The minimum atomic E-state index is 1.08. The van der Waals surface area contributed by atoms with Crippen molar-refractivity contribution >= 4 is 33.5 Å². The van der Waals surface area contributed by atoms with E-state index in [9.17, 15) is 0 Å². The summed E-state index contributed by atoms with van der Waals surface area (Å²) in [4.78, 5) is 0. The largest absolute Gasteiger partial charge is 0.0880 e. The van der Waals surface area contributed by atoms with Crippen molar-refractivity contribution in [1.82, 2.24) is 0 Å². The fourth-order valence-electron chi connectivity index (χ4n) is 0.761. The maximum atomic E-state index is 4.81. The summed E-state index contributed by atoms with van der Waals surface area (Å²) in [7, 11) is 0. The van der Waals surface area contributed by atoms with Gasteiger partial charge in [-0.1, -0.05) is 30.4 Å². The summed E-state index contributed by atoms with van der Waals surface area (Å²) in [5.74, 6) is 0. The van der Waals surface area contributed by atoms with Crippen LogP contribution in [0.3, 0.4) is 0 Å². The number of hydrogen-bond acceptors (Lipinski definition) is 1. The van der Waals surface area contributed by atoms with E-state index in [-0.39, 0.29) is 0 Å². The van der Waals surface area contributed by atoms with Gasteiger partial charge in [0.05, 0.1) is 0 Å². The quantitative estimate of drug-likeness (QED) is 0.648. The van der Waals surface area contributed by atoms with E-state index in [2.05, 4.69) is 15.9 Å². The number of thiocarbonyl (C=S) groups is 1. The van der Waals surface area contributed by atoms with Crippen molar-refractivity contribution in [3.63, 3.8) is 0 Å².